The van der Waals surface area contributed by atoms with Gasteiger partial charge in [-0.25, -0.2) is 4.39 Å². The van der Waals surface area contributed by atoms with Crippen molar-refractivity contribution in [3.05, 3.63) is 52.7 Å². The molecule has 1 aromatic carbocycles. The minimum absolute atomic E-state index is 0.0464. The number of fused-ring (bicyclic) bond motifs is 1. The maximum absolute atomic E-state index is 13.5. The number of nitrogens with one attached hydrogen (secondary N) is 1. The van der Waals surface area contributed by atoms with E-state index in [1.807, 2.05) is 50.1 Å². The number of benzene rings is 1. The van der Waals surface area contributed by atoms with Crippen LogP contribution in [-0.4, -0.2) is 26.8 Å². The highest BCUT2D eigenvalue weighted by atomic mass is 19.1. The SMILES string of the molecule is Cc1cc(C)n([C@H](C)CNC(=O)c2c(C)c3cc(F)ccc3n2C)n1. The number of carbonyl (C=O) groups excluding carboxylic acids is 1. The highest BCUT2D eigenvalue weighted by Gasteiger charge is 2.19. The molecule has 5 nitrogen and oxygen atoms in total. The zero-order valence-electron chi connectivity index (χ0n) is 15.2. The monoisotopic (exact) mass is 342 g/mol. The van der Waals surface area contributed by atoms with Crippen molar-refractivity contribution < 1.29 is 9.18 Å². The lowest BCUT2D eigenvalue weighted by Crippen LogP contribution is -2.31. The van der Waals surface area contributed by atoms with Crippen LogP contribution in [0.3, 0.4) is 0 Å². The van der Waals surface area contributed by atoms with Crippen LogP contribution in [-0.2, 0) is 7.05 Å². The molecular formula is C19H23FN4O. The summed E-state index contributed by atoms with van der Waals surface area (Å²) in [6.07, 6.45) is 0. The third-order valence-electron chi connectivity index (χ3n) is 4.65. The number of hydrogen-bond acceptors (Lipinski definition) is 2. The van der Waals surface area contributed by atoms with Crippen LogP contribution >= 0.6 is 0 Å². The smallest absolute Gasteiger partial charge is 0.268 e. The predicted octanol–water partition coefficient (Wildman–Crippen LogP) is 3.43. The number of aromatic nitrogens is 3. The third kappa shape index (κ3) is 3.04. The van der Waals surface area contributed by atoms with Gasteiger partial charge in [0.15, 0.2) is 0 Å². The molecule has 3 aromatic rings. The largest absolute Gasteiger partial charge is 0.349 e. The molecule has 25 heavy (non-hydrogen) atoms. The lowest BCUT2D eigenvalue weighted by Gasteiger charge is -2.16. The lowest BCUT2D eigenvalue weighted by molar-refractivity contribution is 0.0939. The molecule has 1 N–H and O–H groups in total. The summed E-state index contributed by atoms with van der Waals surface area (Å²) in [5.41, 5.74) is 4.21. The van der Waals surface area contributed by atoms with E-state index >= 15 is 0 Å². The molecule has 0 aliphatic carbocycles. The van der Waals surface area contributed by atoms with Gasteiger partial charge in [-0.1, -0.05) is 0 Å². The van der Waals surface area contributed by atoms with Crippen LogP contribution in [0.15, 0.2) is 24.3 Å². The summed E-state index contributed by atoms with van der Waals surface area (Å²) in [6, 6.07) is 6.65. The van der Waals surface area contributed by atoms with Crippen molar-refractivity contribution >= 4 is 16.8 Å². The molecule has 0 radical (unpaired) electrons. The number of carbonyl (C=O) groups is 1. The van der Waals surface area contributed by atoms with Crippen LogP contribution in [0.4, 0.5) is 4.39 Å². The average Bonchev–Trinajstić information content (AvgIpc) is 3.02. The van der Waals surface area contributed by atoms with Crippen LogP contribution in [0.2, 0.25) is 0 Å². The predicted molar refractivity (Wildman–Crippen MR) is 96.4 cm³/mol. The van der Waals surface area contributed by atoms with Gasteiger partial charge in [0.2, 0.25) is 0 Å². The summed E-state index contributed by atoms with van der Waals surface area (Å²) >= 11 is 0. The van der Waals surface area contributed by atoms with Crippen molar-refractivity contribution in [2.24, 2.45) is 7.05 Å². The number of aryl methyl sites for hydroxylation is 4. The second kappa shape index (κ2) is 6.35. The van der Waals surface area contributed by atoms with E-state index in [1.54, 1.807) is 6.07 Å². The maximum atomic E-state index is 13.5. The van der Waals surface area contributed by atoms with Crippen molar-refractivity contribution in [2.45, 2.75) is 33.7 Å². The van der Waals surface area contributed by atoms with Crippen molar-refractivity contribution in [1.82, 2.24) is 19.7 Å². The van der Waals surface area contributed by atoms with Gasteiger partial charge >= 0.3 is 0 Å². The van der Waals surface area contributed by atoms with Gasteiger partial charge < -0.3 is 9.88 Å². The first-order chi connectivity index (χ1) is 11.8. The Balaban J connectivity index is 1.82. The molecule has 3 rings (SSSR count). The van der Waals surface area contributed by atoms with Gasteiger partial charge in [-0.2, -0.15) is 5.10 Å². The summed E-state index contributed by atoms with van der Waals surface area (Å²) in [5.74, 6) is -0.462. The number of hydrogen-bond donors (Lipinski definition) is 1. The molecule has 132 valence electrons. The molecule has 0 fully saturated rings. The summed E-state index contributed by atoms with van der Waals surface area (Å²) in [4.78, 5) is 12.7. The van der Waals surface area contributed by atoms with E-state index in [0.29, 0.717) is 12.2 Å². The fraction of sp³-hybridized carbons (Fsp3) is 0.368. The minimum Gasteiger partial charge on any atom is -0.349 e. The van der Waals surface area contributed by atoms with Gasteiger partial charge in [0.05, 0.1) is 11.7 Å². The van der Waals surface area contributed by atoms with Crippen molar-refractivity contribution in [2.75, 3.05) is 6.54 Å². The minimum atomic E-state index is -0.300. The Morgan fingerprint density at radius 1 is 1.28 bits per heavy atom. The van der Waals surface area contributed by atoms with Crippen molar-refractivity contribution in [3.63, 3.8) is 0 Å². The molecule has 0 aliphatic heterocycles. The fourth-order valence-electron chi connectivity index (χ4n) is 3.43. The Kier molecular flexibility index (Phi) is 4.37. The van der Waals surface area contributed by atoms with E-state index in [9.17, 15) is 9.18 Å². The van der Waals surface area contributed by atoms with E-state index in [4.69, 9.17) is 0 Å². The zero-order valence-corrected chi connectivity index (χ0v) is 15.2. The molecule has 0 bridgehead atoms. The number of halogens is 1. The van der Waals surface area contributed by atoms with Gasteiger partial charge in [0, 0.05) is 30.2 Å². The van der Waals surface area contributed by atoms with Crippen LogP contribution in [0.25, 0.3) is 10.9 Å². The van der Waals surface area contributed by atoms with Gasteiger partial charge in [-0.05, 0) is 57.5 Å². The Morgan fingerprint density at radius 2 is 2.00 bits per heavy atom. The third-order valence-corrected chi connectivity index (χ3v) is 4.65. The molecule has 1 atom stereocenters. The summed E-state index contributed by atoms with van der Waals surface area (Å²) in [6.45, 7) is 8.29. The quantitative estimate of drug-likeness (QED) is 0.790. The summed E-state index contributed by atoms with van der Waals surface area (Å²) < 4.78 is 17.2. The second-order valence-corrected chi connectivity index (χ2v) is 6.62. The van der Waals surface area contributed by atoms with Gasteiger partial charge in [0.1, 0.15) is 11.5 Å². The molecule has 2 aromatic heterocycles. The van der Waals surface area contributed by atoms with E-state index < -0.39 is 0 Å². The first kappa shape index (κ1) is 17.2. The van der Waals surface area contributed by atoms with Crippen molar-refractivity contribution in [3.8, 4) is 0 Å². The summed E-state index contributed by atoms with van der Waals surface area (Å²) in [7, 11) is 1.83. The highest BCUT2D eigenvalue weighted by molar-refractivity contribution is 6.01. The average molecular weight is 342 g/mol. The highest BCUT2D eigenvalue weighted by Crippen LogP contribution is 2.25. The first-order valence-corrected chi connectivity index (χ1v) is 8.35. The molecular weight excluding hydrogens is 319 g/mol. The van der Waals surface area contributed by atoms with Gasteiger partial charge in [0.25, 0.3) is 5.91 Å². The molecule has 1 amide bonds. The van der Waals surface area contributed by atoms with Crippen molar-refractivity contribution in [1.29, 1.82) is 0 Å². The van der Waals surface area contributed by atoms with E-state index in [2.05, 4.69) is 10.4 Å². The maximum Gasteiger partial charge on any atom is 0.268 e. The Bertz CT molecular complexity index is 954. The molecule has 6 heteroatoms. The summed E-state index contributed by atoms with van der Waals surface area (Å²) in [5, 5.41) is 8.20. The van der Waals surface area contributed by atoms with Crippen LogP contribution in [0.5, 0.6) is 0 Å². The molecule has 0 spiro atoms. The van der Waals surface area contributed by atoms with Crippen LogP contribution in [0.1, 0.15) is 40.4 Å². The molecule has 2 heterocycles. The van der Waals surface area contributed by atoms with Crippen LogP contribution < -0.4 is 5.32 Å². The normalized spacial score (nSPS) is 12.6. The zero-order chi connectivity index (χ0) is 18.3. The topological polar surface area (TPSA) is 51.9 Å². The lowest BCUT2D eigenvalue weighted by atomic mass is 10.1. The molecule has 0 unspecified atom stereocenters. The second-order valence-electron chi connectivity index (χ2n) is 6.62. The molecule has 0 saturated carbocycles. The number of rotatable bonds is 4. The Hall–Kier alpha value is -2.63. The van der Waals surface area contributed by atoms with E-state index in [1.165, 1.54) is 12.1 Å². The van der Waals surface area contributed by atoms with E-state index in [0.717, 1.165) is 27.9 Å². The molecule has 0 saturated heterocycles. The number of nitrogens with zero attached hydrogens (tertiary/aromatic N) is 3. The van der Waals surface area contributed by atoms with Crippen LogP contribution in [0, 0.1) is 26.6 Å². The Morgan fingerprint density at radius 3 is 2.64 bits per heavy atom. The first-order valence-electron chi connectivity index (χ1n) is 8.35. The Labute approximate surface area is 146 Å². The fourth-order valence-corrected chi connectivity index (χ4v) is 3.43. The standard InChI is InChI=1S/C19H23FN4O/c1-11-8-12(2)24(22-11)13(3)10-21-19(25)18-14(4)16-9-15(20)6-7-17(16)23(18)5/h6-9,13H,10H2,1-5H3,(H,21,25)/t13-/m1/s1. The van der Waals surface area contributed by atoms with Gasteiger partial charge in [-0.15, -0.1) is 0 Å². The van der Waals surface area contributed by atoms with E-state index in [-0.39, 0.29) is 17.8 Å². The van der Waals surface area contributed by atoms with Gasteiger partial charge in [-0.3, -0.25) is 9.48 Å². The number of amides is 1. The molecule has 0 aliphatic rings.